The van der Waals surface area contributed by atoms with Gasteiger partial charge >= 0.3 is 11.9 Å². The highest BCUT2D eigenvalue weighted by atomic mass is 16.5. The number of hydrogen-bond donors (Lipinski definition) is 3. The Morgan fingerprint density at radius 2 is 1.37 bits per heavy atom. The van der Waals surface area contributed by atoms with Crippen molar-refractivity contribution >= 4 is 11.9 Å². The van der Waals surface area contributed by atoms with Gasteiger partial charge in [-0.2, -0.15) is 0 Å². The highest BCUT2D eigenvalue weighted by Crippen LogP contribution is 2.37. The van der Waals surface area contributed by atoms with Gasteiger partial charge in [0.25, 0.3) is 0 Å². The van der Waals surface area contributed by atoms with Crippen LogP contribution in [0.1, 0.15) is 36.8 Å². The van der Waals surface area contributed by atoms with E-state index in [2.05, 4.69) is 0 Å². The van der Waals surface area contributed by atoms with Crippen LogP contribution in [0.25, 0.3) is 11.1 Å². The maximum atomic E-state index is 10.7. The second-order valence-electron chi connectivity index (χ2n) is 6.38. The van der Waals surface area contributed by atoms with Crippen LogP contribution in [0, 0.1) is 0 Å². The molecule has 2 rings (SSSR count). The van der Waals surface area contributed by atoms with Gasteiger partial charge in [-0.1, -0.05) is 12.1 Å². The van der Waals surface area contributed by atoms with Crippen LogP contribution in [0.5, 0.6) is 11.5 Å². The summed E-state index contributed by atoms with van der Waals surface area (Å²) in [4.78, 5) is 21.4. The second kappa shape index (κ2) is 9.62. The summed E-state index contributed by atoms with van der Waals surface area (Å²) >= 11 is 0. The summed E-state index contributed by atoms with van der Waals surface area (Å²) in [6.07, 6.45) is 2.46. The summed E-state index contributed by atoms with van der Waals surface area (Å²) in [5, 5.41) is 27.9. The molecule has 0 spiro atoms. The van der Waals surface area contributed by atoms with Gasteiger partial charge in [-0.15, -0.1) is 0 Å². The molecule has 3 N–H and O–H groups in total. The van der Waals surface area contributed by atoms with Crippen molar-refractivity contribution in [1.82, 2.24) is 0 Å². The third kappa shape index (κ3) is 6.02. The minimum Gasteiger partial charge on any atom is -0.507 e. The Hall–Kier alpha value is -3.02. The molecule has 2 aromatic carbocycles. The standard InChI is InChI=1S/C21H24O6/c1-27-19-11-9-15(5-3-7-21(25)26)13-17(19)16-12-14(8-10-18(16)22)4-2-6-20(23)24/h8-13,22H,2-7H2,1H3,(H,23,24)(H,25,26). The van der Waals surface area contributed by atoms with Gasteiger partial charge in [0.1, 0.15) is 11.5 Å². The molecule has 0 heterocycles. The normalized spacial score (nSPS) is 10.6. The Labute approximate surface area is 158 Å². The zero-order chi connectivity index (χ0) is 19.8. The Morgan fingerprint density at radius 3 is 1.89 bits per heavy atom. The SMILES string of the molecule is COc1ccc(CCCC(=O)O)cc1-c1cc(CCCC(=O)O)ccc1O. The number of carbonyl (C=O) groups is 2. The molecule has 0 radical (unpaired) electrons. The molecule has 0 amide bonds. The molecule has 144 valence electrons. The Morgan fingerprint density at radius 1 is 0.852 bits per heavy atom. The van der Waals surface area contributed by atoms with Crippen LogP contribution in [0.4, 0.5) is 0 Å². The van der Waals surface area contributed by atoms with Gasteiger partial charge in [0.05, 0.1) is 7.11 Å². The number of phenols is 1. The number of ether oxygens (including phenoxy) is 1. The smallest absolute Gasteiger partial charge is 0.303 e. The van der Waals surface area contributed by atoms with Crippen LogP contribution in [0.15, 0.2) is 36.4 Å². The predicted molar refractivity (Wildman–Crippen MR) is 101 cm³/mol. The van der Waals surface area contributed by atoms with E-state index in [0.717, 1.165) is 16.7 Å². The lowest BCUT2D eigenvalue weighted by molar-refractivity contribution is -0.138. The summed E-state index contributed by atoms with van der Waals surface area (Å²) in [5.74, 6) is -0.937. The molecule has 0 aliphatic carbocycles. The van der Waals surface area contributed by atoms with Crippen LogP contribution in [-0.4, -0.2) is 34.4 Å². The van der Waals surface area contributed by atoms with Crippen molar-refractivity contribution in [3.63, 3.8) is 0 Å². The van der Waals surface area contributed by atoms with Crippen molar-refractivity contribution in [2.45, 2.75) is 38.5 Å². The maximum Gasteiger partial charge on any atom is 0.303 e. The van der Waals surface area contributed by atoms with E-state index in [1.54, 1.807) is 19.2 Å². The minimum absolute atomic E-state index is 0.0958. The lowest BCUT2D eigenvalue weighted by atomic mass is 9.96. The molecule has 0 bridgehead atoms. The van der Waals surface area contributed by atoms with Crippen molar-refractivity contribution in [1.29, 1.82) is 0 Å². The first-order valence-electron chi connectivity index (χ1n) is 8.83. The van der Waals surface area contributed by atoms with Crippen molar-refractivity contribution in [3.05, 3.63) is 47.5 Å². The van der Waals surface area contributed by atoms with Gasteiger partial charge in [0, 0.05) is 24.0 Å². The molecule has 0 unspecified atom stereocenters. The Balaban J connectivity index is 2.28. The van der Waals surface area contributed by atoms with E-state index in [4.69, 9.17) is 14.9 Å². The summed E-state index contributed by atoms with van der Waals surface area (Å²) in [5.41, 5.74) is 3.23. The fourth-order valence-corrected chi connectivity index (χ4v) is 2.96. The van der Waals surface area contributed by atoms with Crippen LogP contribution in [0.2, 0.25) is 0 Å². The third-order valence-electron chi connectivity index (χ3n) is 4.33. The van der Waals surface area contributed by atoms with Gasteiger partial charge in [-0.25, -0.2) is 0 Å². The van der Waals surface area contributed by atoms with Crippen LogP contribution >= 0.6 is 0 Å². The Bertz CT molecular complexity index is 812. The number of benzene rings is 2. The van der Waals surface area contributed by atoms with Crippen LogP contribution in [0.3, 0.4) is 0 Å². The number of carboxylic acid groups (broad SMARTS) is 2. The lowest BCUT2D eigenvalue weighted by Crippen LogP contribution is -1.98. The average Bonchev–Trinajstić information content (AvgIpc) is 2.62. The molecule has 6 heteroatoms. The molecule has 6 nitrogen and oxygen atoms in total. The molecular formula is C21H24O6. The van der Waals surface area contributed by atoms with E-state index >= 15 is 0 Å². The van der Waals surface area contributed by atoms with Crippen molar-refractivity contribution in [2.75, 3.05) is 7.11 Å². The third-order valence-corrected chi connectivity index (χ3v) is 4.33. The number of rotatable bonds is 10. The van der Waals surface area contributed by atoms with E-state index in [-0.39, 0.29) is 18.6 Å². The highest BCUT2D eigenvalue weighted by Gasteiger charge is 2.13. The van der Waals surface area contributed by atoms with Crippen molar-refractivity contribution in [2.24, 2.45) is 0 Å². The first-order chi connectivity index (χ1) is 12.9. The van der Waals surface area contributed by atoms with E-state index in [9.17, 15) is 14.7 Å². The first kappa shape index (κ1) is 20.3. The average molecular weight is 372 g/mol. The van der Waals surface area contributed by atoms with Crippen LogP contribution < -0.4 is 4.74 Å². The molecule has 0 aliphatic heterocycles. The highest BCUT2D eigenvalue weighted by molar-refractivity contribution is 5.77. The lowest BCUT2D eigenvalue weighted by Gasteiger charge is -2.14. The maximum absolute atomic E-state index is 10.7. The van der Waals surface area contributed by atoms with E-state index in [1.165, 1.54) is 0 Å². The quantitative estimate of drug-likeness (QED) is 0.585. The topological polar surface area (TPSA) is 104 Å². The molecule has 0 atom stereocenters. The number of carboxylic acids is 2. The summed E-state index contributed by atoms with van der Waals surface area (Å²) in [6.45, 7) is 0. The molecule has 2 aromatic rings. The van der Waals surface area contributed by atoms with Crippen molar-refractivity contribution < 1.29 is 29.6 Å². The molecule has 0 fully saturated rings. The van der Waals surface area contributed by atoms with Gasteiger partial charge in [0.2, 0.25) is 0 Å². The minimum atomic E-state index is -0.829. The largest absolute Gasteiger partial charge is 0.507 e. The zero-order valence-corrected chi connectivity index (χ0v) is 15.3. The van der Waals surface area contributed by atoms with Crippen LogP contribution in [-0.2, 0) is 22.4 Å². The number of aryl methyl sites for hydroxylation is 2. The van der Waals surface area contributed by atoms with E-state index in [0.29, 0.717) is 37.0 Å². The van der Waals surface area contributed by atoms with Gasteiger partial charge in [-0.05, 0) is 61.1 Å². The Kier molecular flexibility index (Phi) is 7.23. The van der Waals surface area contributed by atoms with Crippen molar-refractivity contribution in [3.8, 4) is 22.6 Å². The molecule has 0 saturated carbocycles. The monoisotopic (exact) mass is 372 g/mol. The number of phenolic OH excluding ortho intramolecular Hbond substituents is 1. The molecule has 0 saturated heterocycles. The zero-order valence-electron chi connectivity index (χ0n) is 15.3. The first-order valence-corrected chi connectivity index (χ1v) is 8.83. The second-order valence-corrected chi connectivity index (χ2v) is 6.38. The van der Waals surface area contributed by atoms with Gasteiger partial charge in [-0.3, -0.25) is 9.59 Å². The summed E-state index contributed by atoms with van der Waals surface area (Å²) in [6, 6.07) is 10.8. The predicted octanol–water partition coefficient (Wildman–Crippen LogP) is 3.88. The number of aliphatic carboxylic acids is 2. The number of hydrogen-bond acceptors (Lipinski definition) is 4. The molecule has 0 aromatic heterocycles. The van der Waals surface area contributed by atoms with E-state index in [1.807, 2.05) is 24.3 Å². The number of aromatic hydroxyl groups is 1. The fraction of sp³-hybridized carbons (Fsp3) is 0.333. The molecular weight excluding hydrogens is 348 g/mol. The molecule has 27 heavy (non-hydrogen) atoms. The fourth-order valence-electron chi connectivity index (χ4n) is 2.96. The summed E-state index contributed by atoms with van der Waals surface area (Å²) in [7, 11) is 1.55. The van der Waals surface area contributed by atoms with Gasteiger partial charge < -0.3 is 20.1 Å². The summed E-state index contributed by atoms with van der Waals surface area (Å²) < 4.78 is 5.42. The number of methoxy groups -OCH3 is 1. The van der Waals surface area contributed by atoms with E-state index < -0.39 is 11.9 Å². The molecule has 0 aliphatic rings. The van der Waals surface area contributed by atoms with Gasteiger partial charge in [0.15, 0.2) is 0 Å².